The van der Waals surface area contributed by atoms with Gasteiger partial charge in [-0.3, -0.25) is 9.69 Å². The maximum absolute atomic E-state index is 12.5. The normalized spacial score (nSPS) is 14.3. The maximum atomic E-state index is 12.5. The van der Waals surface area contributed by atoms with Crippen molar-refractivity contribution in [3.05, 3.63) is 47.5 Å². The lowest BCUT2D eigenvalue weighted by molar-refractivity contribution is -0.131. The van der Waals surface area contributed by atoms with Crippen molar-refractivity contribution >= 4 is 5.91 Å². The number of imidazole rings is 1. The SMILES string of the molecule is COc1ccc(CN(C)C(=O)CN2CCc3c(ncn3C)C2)cc1. The predicted molar refractivity (Wildman–Crippen MR) is 91.7 cm³/mol. The molecule has 1 aliphatic rings. The number of benzene rings is 1. The third kappa shape index (κ3) is 3.59. The molecule has 6 heteroatoms. The molecule has 1 aromatic heterocycles. The van der Waals surface area contributed by atoms with Gasteiger partial charge in [0.05, 0.1) is 25.7 Å². The summed E-state index contributed by atoms with van der Waals surface area (Å²) in [6.07, 6.45) is 2.80. The highest BCUT2D eigenvalue weighted by atomic mass is 16.5. The second-order valence-corrected chi connectivity index (χ2v) is 6.31. The molecule has 0 radical (unpaired) electrons. The first kappa shape index (κ1) is 16.5. The Balaban J connectivity index is 1.54. The van der Waals surface area contributed by atoms with Crippen LogP contribution in [0.1, 0.15) is 17.0 Å². The van der Waals surface area contributed by atoms with Crippen LogP contribution in [0.15, 0.2) is 30.6 Å². The van der Waals surface area contributed by atoms with Crippen molar-refractivity contribution in [2.45, 2.75) is 19.5 Å². The van der Waals surface area contributed by atoms with E-state index in [-0.39, 0.29) is 5.91 Å². The molecule has 0 spiro atoms. The van der Waals surface area contributed by atoms with E-state index in [1.807, 2.05) is 44.7 Å². The Bertz CT molecular complexity index is 708. The number of carbonyl (C=O) groups excluding carboxylic acids is 1. The molecule has 1 aliphatic heterocycles. The van der Waals surface area contributed by atoms with Gasteiger partial charge in [-0.1, -0.05) is 12.1 Å². The van der Waals surface area contributed by atoms with Crippen molar-refractivity contribution in [3.8, 4) is 5.75 Å². The number of carbonyl (C=O) groups is 1. The fourth-order valence-corrected chi connectivity index (χ4v) is 3.05. The second kappa shape index (κ2) is 7.05. The van der Waals surface area contributed by atoms with Gasteiger partial charge in [-0.25, -0.2) is 4.98 Å². The van der Waals surface area contributed by atoms with Crippen molar-refractivity contribution in [3.63, 3.8) is 0 Å². The first-order valence-corrected chi connectivity index (χ1v) is 8.15. The molecule has 0 saturated heterocycles. The minimum Gasteiger partial charge on any atom is -0.497 e. The number of rotatable bonds is 5. The van der Waals surface area contributed by atoms with Gasteiger partial charge in [0.15, 0.2) is 0 Å². The van der Waals surface area contributed by atoms with E-state index < -0.39 is 0 Å². The molecule has 0 aliphatic carbocycles. The first-order valence-electron chi connectivity index (χ1n) is 8.15. The number of amides is 1. The lowest BCUT2D eigenvalue weighted by Gasteiger charge is -2.28. The van der Waals surface area contributed by atoms with Crippen LogP contribution in [-0.2, 0) is 31.4 Å². The third-order valence-electron chi connectivity index (χ3n) is 4.55. The lowest BCUT2D eigenvalue weighted by Crippen LogP contribution is -2.40. The molecule has 128 valence electrons. The first-order chi connectivity index (χ1) is 11.6. The molecule has 0 saturated carbocycles. The molecule has 2 heterocycles. The number of hydrogen-bond acceptors (Lipinski definition) is 4. The Morgan fingerprint density at radius 2 is 2.08 bits per heavy atom. The Hall–Kier alpha value is -2.34. The van der Waals surface area contributed by atoms with E-state index in [0.717, 1.165) is 36.5 Å². The van der Waals surface area contributed by atoms with E-state index in [9.17, 15) is 4.79 Å². The van der Waals surface area contributed by atoms with Crippen LogP contribution in [-0.4, -0.2) is 52.5 Å². The molecule has 6 nitrogen and oxygen atoms in total. The van der Waals surface area contributed by atoms with Crippen LogP contribution >= 0.6 is 0 Å². The molecule has 1 aromatic carbocycles. The van der Waals surface area contributed by atoms with Crippen LogP contribution < -0.4 is 4.74 Å². The van der Waals surface area contributed by atoms with E-state index in [4.69, 9.17) is 4.74 Å². The average molecular weight is 328 g/mol. The van der Waals surface area contributed by atoms with Gasteiger partial charge in [0, 0.05) is 45.8 Å². The maximum Gasteiger partial charge on any atom is 0.236 e. The van der Waals surface area contributed by atoms with Crippen molar-refractivity contribution < 1.29 is 9.53 Å². The van der Waals surface area contributed by atoms with Gasteiger partial charge in [0.2, 0.25) is 5.91 Å². The molecule has 1 amide bonds. The molecule has 24 heavy (non-hydrogen) atoms. The summed E-state index contributed by atoms with van der Waals surface area (Å²) in [6.45, 7) is 2.68. The Labute approximate surface area is 142 Å². The quantitative estimate of drug-likeness (QED) is 0.833. The number of likely N-dealkylation sites (N-methyl/N-ethyl adjacent to an activating group) is 1. The largest absolute Gasteiger partial charge is 0.497 e. The van der Waals surface area contributed by atoms with E-state index in [1.165, 1.54) is 5.69 Å². The summed E-state index contributed by atoms with van der Waals surface area (Å²) >= 11 is 0. The summed E-state index contributed by atoms with van der Waals surface area (Å²) in [7, 11) is 5.52. The molecule has 0 atom stereocenters. The van der Waals surface area contributed by atoms with Gasteiger partial charge in [0.1, 0.15) is 5.75 Å². The summed E-state index contributed by atoms with van der Waals surface area (Å²) in [4.78, 5) is 20.9. The van der Waals surface area contributed by atoms with Crippen LogP contribution in [0, 0.1) is 0 Å². The van der Waals surface area contributed by atoms with Gasteiger partial charge < -0.3 is 14.2 Å². The van der Waals surface area contributed by atoms with Gasteiger partial charge in [0.25, 0.3) is 0 Å². The number of methoxy groups -OCH3 is 1. The van der Waals surface area contributed by atoms with Crippen molar-refractivity contribution in [2.24, 2.45) is 7.05 Å². The number of ether oxygens (including phenoxy) is 1. The van der Waals surface area contributed by atoms with Crippen molar-refractivity contribution in [2.75, 3.05) is 27.2 Å². The monoisotopic (exact) mass is 328 g/mol. The van der Waals surface area contributed by atoms with Crippen molar-refractivity contribution in [1.29, 1.82) is 0 Å². The molecule has 0 N–H and O–H groups in total. The summed E-state index contributed by atoms with van der Waals surface area (Å²) in [5, 5.41) is 0. The van der Waals surface area contributed by atoms with Gasteiger partial charge in [-0.2, -0.15) is 0 Å². The number of nitrogens with zero attached hydrogens (tertiary/aromatic N) is 4. The van der Waals surface area contributed by atoms with Crippen LogP contribution in [0.3, 0.4) is 0 Å². The molecule has 2 aromatic rings. The highest BCUT2D eigenvalue weighted by molar-refractivity contribution is 5.78. The number of hydrogen-bond donors (Lipinski definition) is 0. The number of fused-ring (bicyclic) bond motifs is 1. The third-order valence-corrected chi connectivity index (χ3v) is 4.55. The van der Waals surface area contributed by atoms with Crippen molar-refractivity contribution in [1.82, 2.24) is 19.4 Å². The molecule has 3 rings (SSSR count). The molecule has 0 unspecified atom stereocenters. The predicted octanol–water partition coefficient (Wildman–Crippen LogP) is 1.45. The Morgan fingerprint density at radius 3 is 2.79 bits per heavy atom. The summed E-state index contributed by atoms with van der Waals surface area (Å²) in [5.74, 6) is 0.956. The zero-order valence-electron chi connectivity index (χ0n) is 14.5. The molecular formula is C18H24N4O2. The number of aryl methyl sites for hydroxylation is 1. The molecule has 0 bridgehead atoms. The summed E-state index contributed by atoms with van der Waals surface area (Å²) < 4.78 is 7.23. The topological polar surface area (TPSA) is 50.6 Å². The summed E-state index contributed by atoms with van der Waals surface area (Å²) in [6, 6.07) is 7.81. The van der Waals surface area contributed by atoms with Gasteiger partial charge >= 0.3 is 0 Å². The molecule has 0 fully saturated rings. The van der Waals surface area contributed by atoms with E-state index in [1.54, 1.807) is 12.0 Å². The Kier molecular flexibility index (Phi) is 4.85. The Morgan fingerprint density at radius 1 is 1.33 bits per heavy atom. The minimum absolute atomic E-state index is 0.130. The fourth-order valence-electron chi connectivity index (χ4n) is 3.05. The van der Waals surface area contributed by atoms with Crippen LogP contribution in [0.4, 0.5) is 0 Å². The van der Waals surface area contributed by atoms with E-state index in [2.05, 4.69) is 14.5 Å². The highest BCUT2D eigenvalue weighted by Crippen LogP contribution is 2.17. The highest BCUT2D eigenvalue weighted by Gasteiger charge is 2.22. The van der Waals surface area contributed by atoms with E-state index >= 15 is 0 Å². The second-order valence-electron chi connectivity index (χ2n) is 6.31. The standard InChI is InChI=1S/C18H24N4O2/c1-20(10-14-4-6-15(24-3)7-5-14)18(23)12-22-9-8-17-16(11-22)19-13-21(17)2/h4-7,13H,8-12H2,1-3H3. The average Bonchev–Trinajstić information content (AvgIpc) is 2.96. The molecular weight excluding hydrogens is 304 g/mol. The number of aromatic nitrogens is 2. The van der Waals surface area contributed by atoms with Gasteiger partial charge in [-0.15, -0.1) is 0 Å². The smallest absolute Gasteiger partial charge is 0.236 e. The lowest BCUT2D eigenvalue weighted by atomic mass is 10.1. The van der Waals surface area contributed by atoms with Crippen LogP contribution in [0.5, 0.6) is 5.75 Å². The van der Waals surface area contributed by atoms with Crippen LogP contribution in [0.25, 0.3) is 0 Å². The summed E-state index contributed by atoms with van der Waals surface area (Å²) in [5.41, 5.74) is 3.47. The van der Waals surface area contributed by atoms with E-state index in [0.29, 0.717) is 13.1 Å². The minimum atomic E-state index is 0.130. The van der Waals surface area contributed by atoms with Gasteiger partial charge in [-0.05, 0) is 17.7 Å². The van der Waals surface area contributed by atoms with Crippen LogP contribution in [0.2, 0.25) is 0 Å². The zero-order chi connectivity index (χ0) is 17.1. The zero-order valence-corrected chi connectivity index (χ0v) is 14.5. The fraction of sp³-hybridized carbons (Fsp3) is 0.444.